The van der Waals surface area contributed by atoms with Crippen molar-refractivity contribution >= 4 is 26.8 Å². The van der Waals surface area contributed by atoms with Crippen molar-refractivity contribution in [3.05, 3.63) is 35.8 Å². The Hall–Kier alpha value is -1.95. The number of thiazole rings is 1. The number of nitrogens with zero attached hydrogens (tertiary/aromatic N) is 5. The molecule has 4 rings (SSSR count). The molecule has 0 N–H and O–H groups in total. The van der Waals surface area contributed by atoms with Gasteiger partial charge < -0.3 is 4.90 Å². The van der Waals surface area contributed by atoms with Crippen molar-refractivity contribution in [2.45, 2.75) is 25.8 Å². The largest absolute Gasteiger partial charge is 0.339 e. The summed E-state index contributed by atoms with van der Waals surface area (Å²) in [6, 6.07) is 6.49. The van der Waals surface area contributed by atoms with Crippen molar-refractivity contribution in [1.29, 1.82) is 0 Å². The van der Waals surface area contributed by atoms with E-state index in [4.69, 9.17) is 4.98 Å². The fraction of sp³-hybridized carbons (Fsp3) is 0.400. The maximum atomic E-state index is 4.81. The molecule has 0 aliphatic carbocycles. The van der Waals surface area contributed by atoms with Crippen LogP contribution in [0.5, 0.6) is 0 Å². The zero-order chi connectivity index (χ0) is 14.4. The summed E-state index contributed by atoms with van der Waals surface area (Å²) in [7, 11) is 1.96. The van der Waals surface area contributed by atoms with E-state index in [0.29, 0.717) is 6.04 Å². The second-order valence-corrected chi connectivity index (χ2v) is 6.44. The zero-order valence-corrected chi connectivity index (χ0v) is 13.0. The molecule has 0 spiro atoms. The first-order valence-corrected chi connectivity index (χ1v) is 8.03. The van der Waals surface area contributed by atoms with Crippen molar-refractivity contribution < 1.29 is 0 Å². The summed E-state index contributed by atoms with van der Waals surface area (Å²) < 4.78 is 3.07. The van der Waals surface area contributed by atoms with Crippen molar-refractivity contribution in [2.24, 2.45) is 7.05 Å². The minimum Gasteiger partial charge on any atom is -0.339 e. The van der Waals surface area contributed by atoms with Gasteiger partial charge in [0.1, 0.15) is 0 Å². The Balaban J connectivity index is 1.75. The number of pyridine rings is 1. The van der Waals surface area contributed by atoms with E-state index in [2.05, 4.69) is 27.1 Å². The Kier molecular flexibility index (Phi) is 2.92. The van der Waals surface area contributed by atoms with Crippen molar-refractivity contribution in [1.82, 2.24) is 19.7 Å². The summed E-state index contributed by atoms with van der Waals surface area (Å²) in [5.41, 5.74) is 3.19. The van der Waals surface area contributed by atoms with E-state index < -0.39 is 0 Å². The molecular weight excluding hydrogens is 282 g/mol. The van der Waals surface area contributed by atoms with Crippen LogP contribution in [0, 0.1) is 6.92 Å². The lowest BCUT2D eigenvalue weighted by molar-refractivity contribution is 0.692. The van der Waals surface area contributed by atoms with Gasteiger partial charge >= 0.3 is 0 Å². The molecular formula is C15H17N5S. The molecule has 1 saturated heterocycles. The van der Waals surface area contributed by atoms with E-state index in [0.717, 1.165) is 35.1 Å². The quantitative estimate of drug-likeness (QED) is 0.729. The molecule has 1 aliphatic rings. The summed E-state index contributed by atoms with van der Waals surface area (Å²) in [5, 5.41) is 5.52. The topological polar surface area (TPSA) is 46.8 Å². The minimum absolute atomic E-state index is 0.347. The number of hydrogen-bond donors (Lipinski definition) is 0. The van der Waals surface area contributed by atoms with Crippen LogP contribution in [0.15, 0.2) is 24.4 Å². The summed E-state index contributed by atoms with van der Waals surface area (Å²) in [6.45, 7) is 3.10. The van der Waals surface area contributed by atoms with Gasteiger partial charge in [-0.2, -0.15) is 5.10 Å². The average molecular weight is 299 g/mol. The molecule has 1 fully saturated rings. The van der Waals surface area contributed by atoms with Gasteiger partial charge in [0.25, 0.3) is 0 Å². The first-order chi connectivity index (χ1) is 10.2. The van der Waals surface area contributed by atoms with Gasteiger partial charge in [-0.3, -0.25) is 4.98 Å². The molecule has 0 saturated carbocycles. The molecule has 1 aliphatic heterocycles. The first-order valence-electron chi connectivity index (χ1n) is 7.22. The summed E-state index contributed by atoms with van der Waals surface area (Å²) >= 11 is 1.74. The van der Waals surface area contributed by atoms with Gasteiger partial charge in [0.2, 0.25) is 0 Å². The molecule has 3 aromatic rings. The number of aromatic nitrogens is 4. The molecule has 108 valence electrons. The van der Waals surface area contributed by atoms with Crippen LogP contribution in [-0.2, 0) is 7.05 Å². The normalized spacial score (nSPS) is 18.8. The van der Waals surface area contributed by atoms with Gasteiger partial charge in [-0.05, 0) is 31.9 Å². The SMILES string of the molecule is Cc1nn(C)c2nc(N3CCC[C@@H]3c3ccccn3)sc12. The second kappa shape index (κ2) is 4.80. The monoisotopic (exact) mass is 299 g/mol. The highest BCUT2D eigenvalue weighted by atomic mass is 32.1. The highest BCUT2D eigenvalue weighted by molar-refractivity contribution is 7.22. The van der Waals surface area contributed by atoms with Crippen LogP contribution in [0.3, 0.4) is 0 Å². The fourth-order valence-electron chi connectivity index (χ4n) is 3.07. The van der Waals surface area contributed by atoms with Crippen LogP contribution in [0.25, 0.3) is 10.3 Å². The lowest BCUT2D eigenvalue weighted by Crippen LogP contribution is -2.23. The van der Waals surface area contributed by atoms with Crippen molar-refractivity contribution in [3.63, 3.8) is 0 Å². The van der Waals surface area contributed by atoms with Gasteiger partial charge in [0.05, 0.1) is 22.1 Å². The Morgan fingerprint density at radius 3 is 3.00 bits per heavy atom. The Labute approximate surface area is 127 Å². The smallest absolute Gasteiger partial charge is 0.188 e. The molecule has 5 nitrogen and oxygen atoms in total. The third kappa shape index (κ3) is 2.01. The number of anilines is 1. The molecule has 0 aromatic carbocycles. The Morgan fingerprint density at radius 1 is 1.33 bits per heavy atom. The highest BCUT2D eigenvalue weighted by Crippen LogP contribution is 2.39. The molecule has 3 aromatic heterocycles. The second-order valence-electron chi connectivity index (χ2n) is 5.46. The van der Waals surface area contributed by atoms with E-state index in [1.54, 1.807) is 11.3 Å². The highest BCUT2D eigenvalue weighted by Gasteiger charge is 2.30. The summed E-state index contributed by atoms with van der Waals surface area (Å²) in [5.74, 6) is 0. The van der Waals surface area contributed by atoms with Gasteiger partial charge in [-0.15, -0.1) is 0 Å². The zero-order valence-electron chi connectivity index (χ0n) is 12.2. The van der Waals surface area contributed by atoms with E-state index >= 15 is 0 Å². The Bertz CT molecular complexity index is 742. The van der Waals surface area contributed by atoms with Gasteiger partial charge in [0.15, 0.2) is 10.8 Å². The maximum absolute atomic E-state index is 4.81. The van der Waals surface area contributed by atoms with Crippen molar-refractivity contribution in [2.75, 3.05) is 11.4 Å². The maximum Gasteiger partial charge on any atom is 0.188 e. The molecule has 6 heteroatoms. The number of rotatable bonds is 2. The third-order valence-electron chi connectivity index (χ3n) is 4.06. The average Bonchev–Trinajstić information content (AvgIpc) is 3.18. The van der Waals surface area contributed by atoms with Crippen LogP contribution in [0.1, 0.15) is 30.3 Å². The van der Waals surface area contributed by atoms with Crippen LogP contribution >= 0.6 is 11.3 Å². The van der Waals surface area contributed by atoms with Crippen LogP contribution < -0.4 is 4.90 Å². The van der Waals surface area contributed by atoms with E-state index in [9.17, 15) is 0 Å². The molecule has 0 unspecified atom stereocenters. The van der Waals surface area contributed by atoms with Crippen LogP contribution in [-0.4, -0.2) is 26.3 Å². The van der Waals surface area contributed by atoms with Crippen molar-refractivity contribution in [3.8, 4) is 0 Å². The van der Waals surface area contributed by atoms with Crippen LogP contribution in [0.4, 0.5) is 5.13 Å². The van der Waals surface area contributed by atoms with Gasteiger partial charge in [-0.25, -0.2) is 9.67 Å². The summed E-state index contributed by atoms with van der Waals surface area (Å²) in [6.07, 6.45) is 4.21. The first kappa shape index (κ1) is 12.8. The molecule has 21 heavy (non-hydrogen) atoms. The van der Waals surface area contributed by atoms with E-state index in [1.807, 2.05) is 30.9 Å². The lowest BCUT2D eigenvalue weighted by Gasteiger charge is -2.23. The van der Waals surface area contributed by atoms with Gasteiger partial charge in [0, 0.05) is 19.8 Å². The Morgan fingerprint density at radius 2 is 2.24 bits per heavy atom. The predicted octanol–water partition coefficient (Wildman–Crippen LogP) is 3.07. The molecule has 1 atom stereocenters. The predicted molar refractivity (Wildman–Crippen MR) is 84.7 cm³/mol. The van der Waals surface area contributed by atoms with Gasteiger partial charge in [-0.1, -0.05) is 17.4 Å². The molecule has 0 amide bonds. The lowest BCUT2D eigenvalue weighted by atomic mass is 10.1. The number of hydrogen-bond acceptors (Lipinski definition) is 5. The minimum atomic E-state index is 0.347. The van der Waals surface area contributed by atoms with Crippen LogP contribution in [0.2, 0.25) is 0 Å². The molecule has 0 radical (unpaired) electrons. The number of fused-ring (bicyclic) bond motifs is 1. The number of aryl methyl sites for hydroxylation is 2. The molecule has 4 heterocycles. The van der Waals surface area contributed by atoms with E-state index in [-0.39, 0.29) is 0 Å². The fourth-order valence-corrected chi connectivity index (χ4v) is 4.18. The molecule has 0 bridgehead atoms. The summed E-state index contributed by atoms with van der Waals surface area (Å²) in [4.78, 5) is 11.7. The standard InChI is InChI=1S/C15H17N5S/c1-10-13-14(19(2)18-10)17-15(21-13)20-9-5-7-12(20)11-6-3-4-8-16-11/h3-4,6,8,12H,5,7,9H2,1-2H3/t12-/m1/s1. The third-order valence-corrected chi connectivity index (χ3v) is 5.25. The van der Waals surface area contributed by atoms with E-state index in [1.165, 1.54) is 11.1 Å².